The molecule has 0 aliphatic heterocycles. The van der Waals surface area contributed by atoms with Crippen LogP contribution in [0, 0.1) is 0 Å². The van der Waals surface area contributed by atoms with Crippen LogP contribution in [0.5, 0.6) is 0 Å². The average molecular weight is 321 g/mol. The Morgan fingerprint density at radius 2 is 1.75 bits per heavy atom. The molecule has 0 saturated carbocycles. The van der Waals surface area contributed by atoms with E-state index in [0.717, 1.165) is 5.56 Å². The number of benzene rings is 2. The third-order valence-corrected chi connectivity index (χ3v) is 3.55. The second kappa shape index (κ2) is 6.82. The summed E-state index contributed by atoms with van der Waals surface area (Å²) in [7, 11) is 0. The Morgan fingerprint density at radius 3 is 2.33 bits per heavy atom. The third kappa shape index (κ3) is 3.35. The summed E-state index contributed by atoms with van der Waals surface area (Å²) < 4.78 is 1.40. The summed E-state index contributed by atoms with van der Waals surface area (Å²) in [6.45, 7) is 1.50. The molecule has 1 amide bonds. The van der Waals surface area contributed by atoms with E-state index in [0.29, 0.717) is 11.3 Å². The van der Waals surface area contributed by atoms with Gasteiger partial charge in [0.1, 0.15) is 6.33 Å². The molecule has 0 unspecified atom stereocenters. The first kappa shape index (κ1) is 15.5. The zero-order chi connectivity index (χ0) is 16.9. The smallest absolute Gasteiger partial charge is 0.253 e. The molecule has 0 fully saturated rings. The van der Waals surface area contributed by atoms with Gasteiger partial charge in [0.05, 0.1) is 0 Å². The topological polar surface area (TPSA) is 89.8 Å². The Bertz CT molecular complexity index is 829. The van der Waals surface area contributed by atoms with Crippen molar-refractivity contribution in [2.75, 3.05) is 5.32 Å². The van der Waals surface area contributed by atoms with Crippen LogP contribution in [0.4, 0.5) is 5.69 Å². The first-order valence-corrected chi connectivity index (χ1v) is 7.34. The zero-order valence-electron chi connectivity index (χ0n) is 13.0. The van der Waals surface area contributed by atoms with Gasteiger partial charge in [-0.1, -0.05) is 30.3 Å². The van der Waals surface area contributed by atoms with Crippen molar-refractivity contribution >= 4 is 17.4 Å². The number of carbonyl (C=O) groups is 2. The molecule has 1 atom stereocenters. The molecular formula is C17H15N5O2. The maximum atomic E-state index is 12.7. The van der Waals surface area contributed by atoms with Gasteiger partial charge in [-0.05, 0) is 47.2 Å². The van der Waals surface area contributed by atoms with Crippen molar-refractivity contribution in [2.24, 2.45) is 0 Å². The summed E-state index contributed by atoms with van der Waals surface area (Å²) in [5.74, 6) is -0.298. The molecule has 2 aromatic carbocycles. The van der Waals surface area contributed by atoms with E-state index in [-0.39, 0.29) is 11.7 Å². The molecule has 120 valence electrons. The highest BCUT2D eigenvalue weighted by Crippen LogP contribution is 2.19. The van der Waals surface area contributed by atoms with Gasteiger partial charge in [-0.3, -0.25) is 9.59 Å². The number of rotatable bonds is 5. The van der Waals surface area contributed by atoms with Gasteiger partial charge in [-0.25, -0.2) is 4.68 Å². The van der Waals surface area contributed by atoms with Crippen LogP contribution >= 0.6 is 0 Å². The average Bonchev–Trinajstić information content (AvgIpc) is 3.10. The molecule has 7 nitrogen and oxygen atoms in total. The van der Waals surface area contributed by atoms with Gasteiger partial charge in [0, 0.05) is 11.3 Å². The molecule has 24 heavy (non-hydrogen) atoms. The highest BCUT2D eigenvalue weighted by Gasteiger charge is 2.23. The number of hydrogen-bond acceptors (Lipinski definition) is 5. The molecule has 7 heteroatoms. The molecule has 1 N–H and O–H groups in total. The number of Topliss-reactive ketones (excluding diaryl/α,β-unsaturated/α-hetero) is 1. The second-order valence-corrected chi connectivity index (χ2v) is 5.23. The summed E-state index contributed by atoms with van der Waals surface area (Å²) in [6, 6.07) is 15.3. The molecule has 0 saturated heterocycles. The summed E-state index contributed by atoms with van der Waals surface area (Å²) in [4.78, 5) is 24.1. The fourth-order valence-electron chi connectivity index (χ4n) is 2.35. The van der Waals surface area contributed by atoms with Gasteiger partial charge < -0.3 is 5.32 Å². The van der Waals surface area contributed by atoms with Gasteiger partial charge in [0.25, 0.3) is 5.91 Å². The number of carbonyl (C=O) groups excluding carboxylic acids is 2. The Balaban J connectivity index is 1.85. The summed E-state index contributed by atoms with van der Waals surface area (Å²) >= 11 is 0. The van der Waals surface area contributed by atoms with Crippen LogP contribution in [0.3, 0.4) is 0 Å². The standard InChI is InChI=1S/C17H15N5O2/c1-12(23)13-7-9-15(10-8-13)19-17(24)16(22-11-18-20-21-22)14-5-3-2-4-6-14/h2-11,16H,1H3,(H,19,24)/t16-/m1/s1. The van der Waals surface area contributed by atoms with Gasteiger partial charge >= 0.3 is 0 Å². The van der Waals surface area contributed by atoms with Crippen LogP contribution < -0.4 is 5.32 Å². The Morgan fingerprint density at radius 1 is 1.04 bits per heavy atom. The van der Waals surface area contributed by atoms with Crippen LogP contribution in [0.1, 0.15) is 28.9 Å². The molecule has 0 spiro atoms. The number of hydrogen-bond donors (Lipinski definition) is 1. The quantitative estimate of drug-likeness (QED) is 0.727. The molecule has 0 aliphatic rings. The van der Waals surface area contributed by atoms with Crippen LogP contribution in [-0.2, 0) is 4.79 Å². The number of aromatic nitrogens is 4. The van der Waals surface area contributed by atoms with Crippen molar-refractivity contribution in [3.05, 3.63) is 72.1 Å². The normalized spacial score (nSPS) is 11.7. The first-order valence-electron chi connectivity index (χ1n) is 7.34. The van der Waals surface area contributed by atoms with E-state index in [1.165, 1.54) is 17.9 Å². The predicted octanol–water partition coefficient (Wildman–Crippen LogP) is 2.10. The lowest BCUT2D eigenvalue weighted by molar-refractivity contribution is -0.118. The number of anilines is 1. The van der Waals surface area contributed by atoms with E-state index >= 15 is 0 Å². The molecule has 1 heterocycles. The first-order chi connectivity index (χ1) is 11.6. The largest absolute Gasteiger partial charge is 0.324 e. The summed E-state index contributed by atoms with van der Waals surface area (Å²) in [5, 5.41) is 13.9. The fraction of sp³-hybridized carbons (Fsp3) is 0.118. The van der Waals surface area contributed by atoms with E-state index in [1.54, 1.807) is 24.3 Å². The van der Waals surface area contributed by atoms with Crippen molar-refractivity contribution in [3.63, 3.8) is 0 Å². The molecular weight excluding hydrogens is 306 g/mol. The minimum atomic E-state index is -0.686. The van der Waals surface area contributed by atoms with Gasteiger partial charge in [-0.15, -0.1) is 5.10 Å². The summed E-state index contributed by atoms with van der Waals surface area (Å²) in [6.07, 6.45) is 1.40. The zero-order valence-corrected chi connectivity index (χ0v) is 13.0. The highest BCUT2D eigenvalue weighted by atomic mass is 16.2. The van der Waals surface area contributed by atoms with Crippen molar-refractivity contribution in [1.82, 2.24) is 20.2 Å². The maximum Gasteiger partial charge on any atom is 0.253 e. The minimum Gasteiger partial charge on any atom is -0.324 e. The van der Waals surface area contributed by atoms with Crippen LogP contribution in [0.15, 0.2) is 60.9 Å². The number of ketones is 1. The molecule has 3 aromatic rings. The van der Waals surface area contributed by atoms with E-state index in [4.69, 9.17) is 0 Å². The van der Waals surface area contributed by atoms with Crippen molar-refractivity contribution in [2.45, 2.75) is 13.0 Å². The van der Waals surface area contributed by atoms with E-state index in [1.807, 2.05) is 30.3 Å². The minimum absolute atomic E-state index is 0.0243. The molecule has 1 aromatic heterocycles. The maximum absolute atomic E-state index is 12.7. The number of nitrogens with one attached hydrogen (secondary N) is 1. The molecule has 0 bridgehead atoms. The fourth-order valence-corrected chi connectivity index (χ4v) is 2.35. The lowest BCUT2D eigenvalue weighted by Crippen LogP contribution is -2.27. The number of amides is 1. The van der Waals surface area contributed by atoms with Gasteiger partial charge in [0.15, 0.2) is 11.8 Å². The number of nitrogens with zero attached hydrogens (tertiary/aromatic N) is 4. The van der Waals surface area contributed by atoms with Gasteiger partial charge in [0.2, 0.25) is 0 Å². The Labute approximate surface area is 138 Å². The highest BCUT2D eigenvalue weighted by molar-refractivity contribution is 5.97. The lowest BCUT2D eigenvalue weighted by atomic mass is 10.1. The van der Waals surface area contributed by atoms with E-state index < -0.39 is 6.04 Å². The van der Waals surface area contributed by atoms with Crippen LogP contribution in [-0.4, -0.2) is 31.9 Å². The number of tetrazole rings is 1. The van der Waals surface area contributed by atoms with Crippen LogP contribution in [0.2, 0.25) is 0 Å². The third-order valence-electron chi connectivity index (χ3n) is 3.55. The van der Waals surface area contributed by atoms with Gasteiger partial charge in [-0.2, -0.15) is 0 Å². The van der Waals surface area contributed by atoms with E-state index in [9.17, 15) is 9.59 Å². The summed E-state index contributed by atoms with van der Waals surface area (Å²) in [5.41, 5.74) is 1.95. The van der Waals surface area contributed by atoms with E-state index in [2.05, 4.69) is 20.8 Å². The van der Waals surface area contributed by atoms with Crippen molar-refractivity contribution in [3.8, 4) is 0 Å². The van der Waals surface area contributed by atoms with Crippen molar-refractivity contribution < 1.29 is 9.59 Å². The lowest BCUT2D eigenvalue weighted by Gasteiger charge is -2.16. The SMILES string of the molecule is CC(=O)c1ccc(NC(=O)[C@@H](c2ccccc2)n2cnnn2)cc1. The van der Waals surface area contributed by atoms with Crippen LogP contribution in [0.25, 0.3) is 0 Å². The Hall–Kier alpha value is -3.35. The molecule has 0 aliphatic carbocycles. The Kier molecular flexibility index (Phi) is 4.42. The molecule has 3 rings (SSSR count). The monoisotopic (exact) mass is 321 g/mol. The van der Waals surface area contributed by atoms with Crippen molar-refractivity contribution in [1.29, 1.82) is 0 Å². The predicted molar refractivity (Wildman–Crippen MR) is 87.5 cm³/mol. The second-order valence-electron chi connectivity index (χ2n) is 5.23. The molecule has 0 radical (unpaired) electrons.